The summed E-state index contributed by atoms with van der Waals surface area (Å²) < 4.78 is 50.6. The van der Waals surface area contributed by atoms with Gasteiger partial charge in [-0.3, -0.25) is 0 Å². The molecular weight excluding hydrogens is 333 g/mol. The molecule has 2 heterocycles. The predicted octanol–water partition coefficient (Wildman–Crippen LogP) is 4.08. The lowest BCUT2D eigenvalue weighted by atomic mass is 10.0. The third-order valence-corrected chi connectivity index (χ3v) is 3.96. The van der Waals surface area contributed by atoms with Gasteiger partial charge in [-0.15, -0.1) is 0 Å². The molecule has 1 aliphatic heterocycles. The maximum Gasteiger partial charge on any atom is 0.420 e. The summed E-state index contributed by atoms with van der Waals surface area (Å²) in [6, 6.07) is 3.45. The van der Waals surface area contributed by atoms with Crippen LogP contribution in [-0.4, -0.2) is 18.1 Å². The van der Waals surface area contributed by atoms with Gasteiger partial charge in [0.1, 0.15) is 12.0 Å². The Morgan fingerprint density at radius 3 is 2.83 bits per heavy atom. The Balaban J connectivity index is 1.94. The fourth-order valence-electron chi connectivity index (χ4n) is 2.62. The normalized spacial score (nSPS) is 19.7. The van der Waals surface area contributed by atoms with Crippen LogP contribution in [0, 0.1) is 5.92 Å². The largest absolute Gasteiger partial charge is 0.480 e. The predicted molar refractivity (Wildman–Crippen MR) is 77.3 cm³/mol. The third kappa shape index (κ3) is 3.61. The highest BCUT2D eigenvalue weighted by Crippen LogP contribution is 2.41. The maximum absolute atomic E-state index is 13.2. The third-order valence-electron chi connectivity index (χ3n) is 3.72. The molecule has 0 radical (unpaired) electrons. The van der Waals surface area contributed by atoms with Crippen molar-refractivity contribution in [1.82, 2.24) is 10.3 Å². The molecular formula is C15H14ClF3N2O2. The van der Waals surface area contributed by atoms with Gasteiger partial charge < -0.3 is 14.5 Å². The summed E-state index contributed by atoms with van der Waals surface area (Å²) in [5, 5.41) is 3.16. The standard InChI is InChI=1S/C15H14ClF3N2O2/c16-10-1-2-12(11(7-10)15(17,18)19)23-13(9-3-4-20-8-9)14-21-5-6-22-14/h1-2,5-7,9,13,20H,3-4,8H2/t9?,13-/m0/s1. The average molecular weight is 347 g/mol. The Morgan fingerprint density at radius 2 is 2.22 bits per heavy atom. The van der Waals surface area contributed by atoms with Crippen LogP contribution in [0.15, 0.2) is 35.1 Å². The van der Waals surface area contributed by atoms with Crippen molar-refractivity contribution in [3.05, 3.63) is 47.1 Å². The second-order valence-corrected chi connectivity index (χ2v) is 5.74. The Hall–Kier alpha value is -1.73. The molecule has 23 heavy (non-hydrogen) atoms. The lowest BCUT2D eigenvalue weighted by molar-refractivity contribution is -0.139. The number of hydrogen-bond acceptors (Lipinski definition) is 4. The van der Waals surface area contributed by atoms with Gasteiger partial charge in [0.15, 0.2) is 6.10 Å². The molecule has 1 saturated heterocycles. The molecule has 8 heteroatoms. The molecule has 2 aromatic rings. The van der Waals surface area contributed by atoms with Crippen LogP contribution < -0.4 is 10.1 Å². The number of oxazole rings is 1. The number of halogens is 4. The van der Waals surface area contributed by atoms with Crippen LogP contribution >= 0.6 is 11.6 Å². The SMILES string of the molecule is FC(F)(F)c1cc(Cl)ccc1O[C@H](c1ncco1)C1CCNC1. The van der Waals surface area contributed by atoms with Crippen molar-refractivity contribution >= 4 is 11.6 Å². The van der Waals surface area contributed by atoms with Gasteiger partial charge in [-0.25, -0.2) is 4.98 Å². The van der Waals surface area contributed by atoms with Crippen molar-refractivity contribution in [3.63, 3.8) is 0 Å². The fraction of sp³-hybridized carbons (Fsp3) is 0.400. The van der Waals surface area contributed by atoms with E-state index in [-0.39, 0.29) is 22.6 Å². The molecule has 0 amide bonds. The van der Waals surface area contributed by atoms with Crippen molar-refractivity contribution in [2.45, 2.75) is 18.7 Å². The van der Waals surface area contributed by atoms with Crippen LogP contribution in [0.5, 0.6) is 5.75 Å². The van der Waals surface area contributed by atoms with E-state index in [9.17, 15) is 13.2 Å². The van der Waals surface area contributed by atoms with Crippen LogP contribution in [0.25, 0.3) is 0 Å². The molecule has 1 aliphatic rings. The van der Waals surface area contributed by atoms with Crippen LogP contribution in [0.4, 0.5) is 13.2 Å². The second-order valence-electron chi connectivity index (χ2n) is 5.30. The first-order valence-corrected chi connectivity index (χ1v) is 7.46. The minimum Gasteiger partial charge on any atom is -0.480 e. The lowest BCUT2D eigenvalue weighted by Crippen LogP contribution is -2.23. The summed E-state index contributed by atoms with van der Waals surface area (Å²) in [7, 11) is 0. The number of alkyl halides is 3. The van der Waals surface area contributed by atoms with Crippen molar-refractivity contribution in [2.75, 3.05) is 13.1 Å². The molecule has 0 saturated carbocycles. The lowest BCUT2D eigenvalue weighted by Gasteiger charge is -2.23. The Bertz CT molecular complexity index is 655. The van der Waals surface area contributed by atoms with Gasteiger partial charge in [0.05, 0.1) is 11.8 Å². The Morgan fingerprint density at radius 1 is 1.39 bits per heavy atom. The van der Waals surface area contributed by atoms with Crippen LogP contribution in [-0.2, 0) is 6.18 Å². The molecule has 3 rings (SSSR count). The van der Waals surface area contributed by atoms with E-state index in [0.29, 0.717) is 6.54 Å². The molecule has 2 atom stereocenters. The molecule has 1 N–H and O–H groups in total. The first-order valence-electron chi connectivity index (χ1n) is 7.08. The second kappa shape index (κ2) is 6.41. The van der Waals surface area contributed by atoms with Crippen molar-refractivity contribution < 1.29 is 22.3 Å². The minimum absolute atomic E-state index is 0.000110. The van der Waals surface area contributed by atoms with Crippen molar-refractivity contribution in [1.29, 1.82) is 0 Å². The van der Waals surface area contributed by atoms with E-state index in [1.54, 1.807) is 0 Å². The molecule has 1 aromatic carbocycles. The number of hydrogen-bond donors (Lipinski definition) is 1. The first-order chi connectivity index (χ1) is 10.9. The van der Waals surface area contributed by atoms with Crippen LogP contribution in [0.2, 0.25) is 5.02 Å². The van der Waals surface area contributed by atoms with Crippen molar-refractivity contribution in [2.24, 2.45) is 5.92 Å². The zero-order valence-electron chi connectivity index (χ0n) is 11.9. The van der Waals surface area contributed by atoms with Gasteiger partial charge in [0, 0.05) is 17.5 Å². The number of rotatable bonds is 4. The summed E-state index contributed by atoms with van der Waals surface area (Å²) in [4.78, 5) is 4.04. The number of nitrogens with one attached hydrogen (secondary N) is 1. The summed E-state index contributed by atoms with van der Waals surface area (Å²) in [5.41, 5.74) is -0.910. The van der Waals surface area contributed by atoms with Gasteiger partial charge >= 0.3 is 6.18 Å². The first kappa shape index (κ1) is 16.1. The van der Waals surface area contributed by atoms with E-state index in [0.717, 1.165) is 19.0 Å². The molecule has 124 valence electrons. The van der Waals surface area contributed by atoms with Crippen molar-refractivity contribution in [3.8, 4) is 5.75 Å². The van der Waals surface area contributed by atoms with Gasteiger partial charge in [0.25, 0.3) is 0 Å². The zero-order chi connectivity index (χ0) is 16.4. The van der Waals surface area contributed by atoms with E-state index in [2.05, 4.69) is 10.3 Å². The monoisotopic (exact) mass is 346 g/mol. The topological polar surface area (TPSA) is 47.3 Å². The number of ether oxygens (including phenoxy) is 1. The summed E-state index contributed by atoms with van der Waals surface area (Å²) >= 11 is 5.69. The fourth-order valence-corrected chi connectivity index (χ4v) is 2.79. The van der Waals surface area contributed by atoms with E-state index < -0.39 is 17.8 Å². The smallest absolute Gasteiger partial charge is 0.420 e. The Kier molecular flexibility index (Phi) is 4.50. The number of benzene rings is 1. The van der Waals surface area contributed by atoms with E-state index >= 15 is 0 Å². The van der Waals surface area contributed by atoms with Gasteiger partial charge in [-0.2, -0.15) is 13.2 Å². The molecule has 0 spiro atoms. The minimum atomic E-state index is -4.56. The Labute approximate surface area is 135 Å². The number of nitrogens with zero attached hydrogens (tertiary/aromatic N) is 1. The van der Waals surface area contributed by atoms with Gasteiger partial charge in [-0.05, 0) is 31.2 Å². The summed E-state index contributed by atoms with van der Waals surface area (Å²) in [6.45, 7) is 1.40. The molecule has 1 fully saturated rings. The van der Waals surface area contributed by atoms with E-state index in [1.807, 2.05) is 0 Å². The zero-order valence-corrected chi connectivity index (χ0v) is 12.7. The summed E-state index contributed by atoms with van der Waals surface area (Å²) in [6.07, 6.45) is -1.67. The maximum atomic E-state index is 13.2. The highest BCUT2D eigenvalue weighted by molar-refractivity contribution is 6.30. The molecule has 4 nitrogen and oxygen atoms in total. The molecule has 0 bridgehead atoms. The van der Waals surface area contributed by atoms with E-state index in [1.165, 1.54) is 24.6 Å². The highest BCUT2D eigenvalue weighted by atomic mass is 35.5. The number of aromatic nitrogens is 1. The highest BCUT2D eigenvalue weighted by Gasteiger charge is 2.37. The average Bonchev–Trinajstić information content (AvgIpc) is 3.18. The molecule has 1 aromatic heterocycles. The van der Waals surface area contributed by atoms with Gasteiger partial charge in [0.2, 0.25) is 5.89 Å². The van der Waals surface area contributed by atoms with Crippen LogP contribution in [0.1, 0.15) is 24.0 Å². The quantitative estimate of drug-likeness (QED) is 0.906. The van der Waals surface area contributed by atoms with E-state index in [4.69, 9.17) is 20.8 Å². The van der Waals surface area contributed by atoms with Gasteiger partial charge in [-0.1, -0.05) is 11.6 Å². The molecule has 1 unspecified atom stereocenters. The van der Waals surface area contributed by atoms with Crippen LogP contribution in [0.3, 0.4) is 0 Å². The summed E-state index contributed by atoms with van der Waals surface area (Å²) in [5.74, 6) is -0.0378. The molecule has 0 aliphatic carbocycles.